The third-order valence-corrected chi connectivity index (χ3v) is 5.24. The number of aliphatic hydroxyl groups is 1. The van der Waals surface area contributed by atoms with Crippen LogP contribution in [-0.4, -0.2) is 24.2 Å². The van der Waals surface area contributed by atoms with Gasteiger partial charge < -0.3 is 16.2 Å². The van der Waals surface area contributed by atoms with Crippen LogP contribution in [0.3, 0.4) is 0 Å². The van der Waals surface area contributed by atoms with Gasteiger partial charge in [0.15, 0.2) is 5.96 Å². The summed E-state index contributed by atoms with van der Waals surface area (Å²) < 4.78 is 0. The topological polar surface area (TPSA) is 70.6 Å². The number of benzene rings is 1. The van der Waals surface area contributed by atoms with E-state index in [1.54, 1.807) is 0 Å². The first-order valence-electron chi connectivity index (χ1n) is 8.51. The Balaban J connectivity index is 1.69. The lowest BCUT2D eigenvalue weighted by Crippen LogP contribution is -2.30. The normalized spacial score (nSPS) is 20.7. The van der Waals surface area contributed by atoms with Crippen molar-refractivity contribution in [1.82, 2.24) is 0 Å². The van der Waals surface area contributed by atoms with Gasteiger partial charge in [0, 0.05) is 11.1 Å². The quantitative estimate of drug-likeness (QED) is 0.591. The Morgan fingerprint density at radius 2 is 1.95 bits per heavy atom. The third kappa shape index (κ3) is 3.27. The maximum Gasteiger partial charge on any atom is 0.193 e. The molecule has 0 aliphatic heterocycles. The highest BCUT2D eigenvalue weighted by Gasteiger charge is 2.32. The van der Waals surface area contributed by atoms with E-state index in [0.29, 0.717) is 12.5 Å². The number of nitrogens with zero attached hydrogens (tertiary/aromatic N) is 1. The number of rotatable bonds is 4. The van der Waals surface area contributed by atoms with Gasteiger partial charge in [0.1, 0.15) is 0 Å². The first-order chi connectivity index (χ1) is 10.7. The molecule has 22 heavy (non-hydrogen) atoms. The van der Waals surface area contributed by atoms with Crippen LogP contribution in [0.5, 0.6) is 0 Å². The maximum absolute atomic E-state index is 9.65. The zero-order chi connectivity index (χ0) is 15.4. The van der Waals surface area contributed by atoms with E-state index in [0.717, 1.165) is 31.4 Å². The maximum atomic E-state index is 9.65. The average Bonchev–Trinajstić information content (AvgIpc) is 3.03. The molecule has 0 atom stereocenters. The minimum absolute atomic E-state index is 0.0393. The molecule has 1 aromatic carbocycles. The molecule has 1 aromatic rings. The van der Waals surface area contributed by atoms with Crippen molar-refractivity contribution >= 4 is 11.6 Å². The smallest absolute Gasteiger partial charge is 0.193 e. The highest BCUT2D eigenvalue weighted by Crippen LogP contribution is 2.37. The van der Waals surface area contributed by atoms with E-state index >= 15 is 0 Å². The molecule has 3 rings (SSSR count). The summed E-state index contributed by atoms with van der Waals surface area (Å²) in [7, 11) is 0. The second kappa shape index (κ2) is 6.69. The Labute approximate surface area is 132 Å². The molecule has 0 amide bonds. The van der Waals surface area contributed by atoms with E-state index in [4.69, 9.17) is 5.73 Å². The zero-order valence-electron chi connectivity index (χ0n) is 13.3. The molecule has 1 saturated carbocycles. The summed E-state index contributed by atoms with van der Waals surface area (Å²) >= 11 is 0. The van der Waals surface area contributed by atoms with Gasteiger partial charge in [-0.1, -0.05) is 25.0 Å². The SMILES string of the molecule is NC(=NCC1(CO)CCCC1)Nc1cccc2c1CCCC2. The van der Waals surface area contributed by atoms with Crippen LogP contribution < -0.4 is 11.1 Å². The lowest BCUT2D eigenvalue weighted by Gasteiger charge is -2.24. The van der Waals surface area contributed by atoms with Crippen LogP contribution >= 0.6 is 0 Å². The molecule has 2 aliphatic carbocycles. The van der Waals surface area contributed by atoms with Gasteiger partial charge in [-0.05, 0) is 55.7 Å². The minimum Gasteiger partial charge on any atom is -0.396 e. The van der Waals surface area contributed by atoms with E-state index in [9.17, 15) is 5.11 Å². The van der Waals surface area contributed by atoms with Gasteiger partial charge in [-0.3, -0.25) is 4.99 Å². The molecule has 120 valence electrons. The van der Waals surface area contributed by atoms with E-state index < -0.39 is 0 Å². The number of nitrogens with two attached hydrogens (primary N) is 1. The highest BCUT2D eigenvalue weighted by molar-refractivity contribution is 5.93. The van der Waals surface area contributed by atoms with Crippen molar-refractivity contribution < 1.29 is 5.11 Å². The second-order valence-corrected chi connectivity index (χ2v) is 6.84. The fourth-order valence-corrected chi connectivity index (χ4v) is 3.82. The number of aryl methyl sites for hydroxylation is 1. The van der Waals surface area contributed by atoms with Crippen LogP contribution in [0.25, 0.3) is 0 Å². The zero-order valence-corrected chi connectivity index (χ0v) is 13.3. The minimum atomic E-state index is -0.0393. The predicted molar refractivity (Wildman–Crippen MR) is 91.2 cm³/mol. The molecule has 4 nitrogen and oxygen atoms in total. The Hall–Kier alpha value is -1.55. The van der Waals surface area contributed by atoms with E-state index in [1.807, 2.05) is 0 Å². The van der Waals surface area contributed by atoms with Gasteiger partial charge in [-0.2, -0.15) is 0 Å². The van der Waals surface area contributed by atoms with Crippen LogP contribution in [0.15, 0.2) is 23.2 Å². The van der Waals surface area contributed by atoms with Crippen molar-refractivity contribution in [2.24, 2.45) is 16.1 Å². The molecule has 0 saturated heterocycles. The predicted octanol–water partition coefficient (Wildman–Crippen LogP) is 2.84. The van der Waals surface area contributed by atoms with Crippen LogP contribution in [0.4, 0.5) is 5.69 Å². The van der Waals surface area contributed by atoms with E-state index in [2.05, 4.69) is 28.5 Å². The summed E-state index contributed by atoms with van der Waals surface area (Å²) in [6, 6.07) is 6.39. The van der Waals surface area contributed by atoms with Crippen molar-refractivity contribution in [3.05, 3.63) is 29.3 Å². The summed E-state index contributed by atoms with van der Waals surface area (Å²) in [5.74, 6) is 0.471. The van der Waals surface area contributed by atoms with Crippen LogP contribution in [-0.2, 0) is 12.8 Å². The van der Waals surface area contributed by atoms with Crippen LogP contribution in [0.2, 0.25) is 0 Å². The third-order valence-electron chi connectivity index (χ3n) is 5.24. The lowest BCUT2D eigenvalue weighted by molar-refractivity contribution is 0.139. The lowest BCUT2D eigenvalue weighted by atomic mass is 9.87. The Morgan fingerprint density at radius 3 is 2.73 bits per heavy atom. The molecule has 0 radical (unpaired) electrons. The number of guanidine groups is 1. The molecular formula is C18H27N3O. The molecule has 4 heteroatoms. The van der Waals surface area contributed by atoms with E-state index in [1.165, 1.54) is 36.8 Å². The summed E-state index contributed by atoms with van der Waals surface area (Å²) in [5, 5.41) is 12.9. The van der Waals surface area contributed by atoms with Gasteiger partial charge >= 0.3 is 0 Å². The summed E-state index contributed by atoms with van der Waals surface area (Å²) in [4.78, 5) is 4.52. The Kier molecular flexibility index (Phi) is 4.67. The van der Waals surface area contributed by atoms with Crippen molar-refractivity contribution in [2.75, 3.05) is 18.5 Å². The summed E-state index contributed by atoms with van der Waals surface area (Å²) in [5.41, 5.74) is 9.98. The molecule has 4 N–H and O–H groups in total. The van der Waals surface area contributed by atoms with Gasteiger partial charge in [0.05, 0.1) is 13.2 Å². The molecule has 1 fully saturated rings. The number of aliphatic hydroxyl groups excluding tert-OH is 1. The molecule has 2 aliphatic rings. The van der Waals surface area contributed by atoms with Gasteiger partial charge in [0.25, 0.3) is 0 Å². The Bertz CT molecular complexity index is 547. The van der Waals surface area contributed by atoms with E-state index in [-0.39, 0.29) is 12.0 Å². The summed E-state index contributed by atoms with van der Waals surface area (Å²) in [6.45, 7) is 0.835. The standard InChI is InChI=1S/C18H27N3O/c19-17(20-12-18(13-22)10-3-4-11-18)21-16-9-5-7-14-6-1-2-8-15(14)16/h5,7,9,22H,1-4,6,8,10-13H2,(H3,19,20,21). The second-order valence-electron chi connectivity index (χ2n) is 6.84. The first-order valence-corrected chi connectivity index (χ1v) is 8.51. The first kappa shape index (κ1) is 15.3. The number of anilines is 1. The number of fused-ring (bicyclic) bond motifs is 1. The fraction of sp³-hybridized carbons (Fsp3) is 0.611. The number of nitrogens with one attached hydrogen (secondary N) is 1. The monoisotopic (exact) mass is 301 g/mol. The van der Waals surface area contributed by atoms with Crippen molar-refractivity contribution in [3.63, 3.8) is 0 Å². The number of aliphatic imine (C=N–C) groups is 1. The van der Waals surface area contributed by atoms with Gasteiger partial charge in [0.2, 0.25) is 0 Å². The highest BCUT2D eigenvalue weighted by atomic mass is 16.3. The van der Waals surface area contributed by atoms with Gasteiger partial charge in [-0.15, -0.1) is 0 Å². The molecule has 0 bridgehead atoms. The molecule has 0 spiro atoms. The Morgan fingerprint density at radius 1 is 1.18 bits per heavy atom. The van der Waals surface area contributed by atoms with Gasteiger partial charge in [-0.25, -0.2) is 0 Å². The molecule has 0 unspecified atom stereocenters. The van der Waals surface area contributed by atoms with Crippen molar-refractivity contribution in [1.29, 1.82) is 0 Å². The van der Waals surface area contributed by atoms with Crippen molar-refractivity contribution in [2.45, 2.75) is 51.4 Å². The molecule has 0 heterocycles. The fourth-order valence-electron chi connectivity index (χ4n) is 3.82. The van der Waals surface area contributed by atoms with Crippen LogP contribution in [0.1, 0.15) is 49.7 Å². The largest absolute Gasteiger partial charge is 0.396 e. The average molecular weight is 301 g/mol. The number of hydrogen-bond donors (Lipinski definition) is 3. The van der Waals surface area contributed by atoms with Crippen LogP contribution in [0, 0.1) is 5.41 Å². The molecular weight excluding hydrogens is 274 g/mol. The molecule has 0 aromatic heterocycles. The number of hydrogen-bond acceptors (Lipinski definition) is 2. The van der Waals surface area contributed by atoms with Crippen molar-refractivity contribution in [3.8, 4) is 0 Å². The summed E-state index contributed by atoms with van der Waals surface area (Å²) in [6.07, 6.45) is 9.30.